The highest BCUT2D eigenvalue weighted by atomic mass is 31.2. The Morgan fingerprint density at radius 2 is 1.53 bits per heavy atom. The average molecular weight is 288 g/mol. The van der Waals surface area contributed by atoms with Crippen molar-refractivity contribution in [1.82, 2.24) is 5.01 Å². The third kappa shape index (κ3) is 2.45. The number of nitroso groups, excluding NO2 is 1. The van der Waals surface area contributed by atoms with E-state index in [9.17, 15) is 33.6 Å². The first kappa shape index (κ1) is 14.8. The Labute approximate surface area is 97.1 Å². The van der Waals surface area contributed by atoms with E-state index in [4.69, 9.17) is 0 Å². The van der Waals surface area contributed by atoms with Crippen molar-refractivity contribution < 1.29 is 28.7 Å². The van der Waals surface area contributed by atoms with Gasteiger partial charge < -0.3 is 19.6 Å². The zero-order valence-corrected chi connectivity index (χ0v) is 10.6. The van der Waals surface area contributed by atoms with Crippen LogP contribution in [0, 0.1) is 4.91 Å². The molecule has 11 heteroatoms. The van der Waals surface area contributed by atoms with E-state index >= 15 is 0 Å². The Bertz CT molecular complexity index is 366. The number of rotatable bonds is 3. The van der Waals surface area contributed by atoms with Gasteiger partial charge in [-0.05, 0) is 19.3 Å². The Morgan fingerprint density at radius 1 is 1.00 bits per heavy atom. The molecule has 100 valence electrons. The maximum atomic E-state index is 11.4. The highest BCUT2D eigenvalue weighted by Crippen LogP contribution is 2.72. The van der Waals surface area contributed by atoms with Crippen molar-refractivity contribution in [2.45, 2.75) is 30.7 Å². The van der Waals surface area contributed by atoms with E-state index in [0.29, 0.717) is 17.9 Å². The summed E-state index contributed by atoms with van der Waals surface area (Å²) < 4.78 is 22.9. The topological polar surface area (TPSA) is 148 Å². The fourth-order valence-corrected chi connectivity index (χ4v) is 5.11. The second kappa shape index (κ2) is 4.76. The van der Waals surface area contributed by atoms with E-state index in [2.05, 4.69) is 5.29 Å². The molecule has 0 spiro atoms. The van der Waals surface area contributed by atoms with Crippen molar-refractivity contribution >= 4 is 15.2 Å². The minimum atomic E-state index is -5.23. The quantitative estimate of drug-likeness (QED) is 0.434. The Balaban J connectivity index is 3.42. The van der Waals surface area contributed by atoms with Crippen LogP contribution in [0.25, 0.3) is 0 Å². The fraction of sp³-hybridized carbons (Fsp3) is 1.00. The van der Waals surface area contributed by atoms with Crippen LogP contribution in [0.4, 0.5) is 0 Å². The molecule has 0 bridgehead atoms. The van der Waals surface area contributed by atoms with Gasteiger partial charge >= 0.3 is 15.2 Å². The fourth-order valence-electron chi connectivity index (χ4n) is 1.98. The van der Waals surface area contributed by atoms with Gasteiger partial charge in [0, 0.05) is 6.54 Å². The zero-order valence-electron chi connectivity index (χ0n) is 8.84. The van der Waals surface area contributed by atoms with E-state index in [-0.39, 0.29) is 13.0 Å². The van der Waals surface area contributed by atoms with Gasteiger partial charge in [0.15, 0.2) is 0 Å². The van der Waals surface area contributed by atoms with Crippen LogP contribution in [0.5, 0.6) is 0 Å². The maximum Gasteiger partial charge on any atom is 0.365 e. The molecule has 9 nitrogen and oxygen atoms in total. The van der Waals surface area contributed by atoms with Crippen molar-refractivity contribution in [3.8, 4) is 0 Å². The predicted octanol–water partition coefficient (Wildman–Crippen LogP) is 0.553. The van der Waals surface area contributed by atoms with Gasteiger partial charge in [-0.25, -0.2) is 5.01 Å². The molecule has 0 aromatic carbocycles. The highest BCUT2D eigenvalue weighted by molar-refractivity contribution is 7.72. The second-order valence-electron chi connectivity index (χ2n) is 3.88. The van der Waals surface area contributed by atoms with Crippen LogP contribution in [-0.2, 0) is 9.13 Å². The number of hydrogen-bond acceptors (Lipinski definition) is 4. The highest BCUT2D eigenvalue weighted by Gasteiger charge is 2.65. The van der Waals surface area contributed by atoms with Crippen LogP contribution >= 0.6 is 15.2 Å². The predicted molar refractivity (Wildman–Crippen MR) is 57.8 cm³/mol. The van der Waals surface area contributed by atoms with Crippen LogP contribution in [0.2, 0.25) is 0 Å². The van der Waals surface area contributed by atoms with Crippen molar-refractivity contribution in [2.75, 3.05) is 6.54 Å². The molecule has 1 rings (SSSR count). The number of hydrogen-bond donors (Lipinski definition) is 4. The van der Waals surface area contributed by atoms with Gasteiger partial charge in [-0.15, -0.1) is 4.91 Å². The summed E-state index contributed by atoms with van der Waals surface area (Å²) in [5.74, 6) is 0. The first-order chi connectivity index (χ1) is 7.67. The molecule has 0 amide bonds. The molecule has 0 aliphatic carbocycles. The monoisotopic (exact) mass is 288 g/mol. The van der Waals surface area contributed by atoms with Gasteiger partial charge in [-0.1, -0.05) is 6.42 Å². The lowest BCUT2D eigenvalue weighted by atomic mass is 10.2. The van der Waals surface area contributed by atoms with Crippen LogP contribution in [0.3, 0.4) is 0 Å². The molecular formula is C6H14N2O7P2. The molecule has 0 saturated carbocycles. The van der Waals surface area contributed by atoms with E-state index in [1.807, 2.05) is 0 Å². The van der Waals surface area contributed by atoms with Gasteiger partial charge in [0.05, 0.1) is 5.29 Å². The van der Waals surface area contributed by atoms with E-state index < -0.39 is 26.6 Å². The molecule has 0 radical (unpaired) electrons. The van der Waals surface area contributed by atoms with Crippen LogP contribution in [-0.4, -0.2) is 36.1 Å². The molecule has 1 aliphatic rings. The molecule has 0 aromatic rings. The van der Waals surface area contributed by atoms with Gasteiger partial charge in [-0.3, -0.25) is 9.13 Å². The summed E-state index contributed by atoms with van der Waals surface area (Å²) in [6.45, 7) is -0.181. The van der Waals surface area contributed by atoms with Crippen LogP contribution in [0.1, 0.15) is 25.7 Å². The van der Waals surface area contributed by atoms with Gasteiger partial charge in [0.1, 0.15) is 0 Å². The SMILES string of the molecule is O=NN1CCCCCC1(P(=O)(O)O)P(=O)(O)O. The normalized spacial score (nSPS) is 22.0. The largest absolute Gasteiger partial charge is 0.365 e. The molecule has 1 heterocycles. The minimum Gasteiger partial charge on any atom is -0.322 e. The maximum absolute atomic E-state index is 11.4. The van der Waals surface area contributed by atoms with E-state index in [1.54, 1.807) is 0 Å². The number of nitrogens with zero attached hydrogens (tertiary/aromatic N) is 2. The Kier molecular flexibility index (Phi) is 4.13. The van der Waals surface area contributed by atoms with E-state index in [0.717, 1.165) is 0 Å². The minimum absolute atomic E-state index is 0.181. The van der Waals surface area contributed by atoms with Crippen molar-refractivity contribution in [2.24, 2.45) is 5.29 Å². The summed E-state index contributed by atoms with van der Waals surface area (Å²) in [4.78, 5) is 47.5. The molecule has 1 aliphatic heterocycles. The van der Waals surface area contributed by atoms with Crippen molar-refractivity contribution in [3.63, 3.8) is 0 Å². The van der Waals surface area contributed by atoms with Gasteiger partial charge in [-0.2, -0.15) is 0 Å². The summed E-state index contributed by atoms with van der Waals surface area (Å²) in [6.07, 6.45) is 0.663. The van der Waals surface area contributed by atoms with E-state index in [1.165, 1.54) is 0 Å². The second-order valence-corrected chi connectivity index (χ2v) is 7.89. The Hall–Kier alpha value is -0.300. The zero-order chi connectivity index (χ0) is 13.3. The standard InChI is InChI=1S/C6H14N2O7P2/c9-7-8-5-3-1-2-4-6(8,16(10,11)12)17(13,14)15/h1-5H2,(H2,10,11,12)(H2,13,14,15). The smallest absolute Gasteiger partial charge is 0.322 e. The van der Waals surface area contributed by atoms with Crippen LogP contribution < -0.4 is 0 Å². The Morgan fingerprint density at radius 3 is 1.94 bits per heavy atom. The molecular weight excluding hydrogens is 274 g/mol. The van der Waals surface area contributed by atoms with Crippen LogP contribution in [0.15, 0.2) is 5.29 Å². The summed E-state index contributed by atoms with van der Waals surface area (Å²) in [5, 5.41) is -0.0934. The molecule has 1 saturated heterocycles. The molecule has 0 atom stereocenters. The molecule has 0 aromatic heterocycles. The van der Waals surface area contributed by atoms with Crippen molar-refractivity contribution in [1.29, 1.82) is 0 Å². The molecule has 1 fully saturated rings. The summed E-state index contributed by atoms with van der Waals surface area (Å²) in [6, 6.07) is 0. The first-order valence-electron chi connectivity index (χ1n) is 4.89. The lowest BCUT2D eigenvalue weighted by molar-refractivity contribution is 0.160. The van der Waals surface area contributed by atoms with Crippen molar-refractivity contribution in [3.05, 3.63) is 4.91 Å². The summed E-state index contributed by atoms with van der Waals surface area (Å²) in [7, 11) is -10.5. The van der Waals surface area contributed by atoms with Gasteiger partial charge in [0.25, 0.3) is 5.02 Å². The summed E-state index contributed by atoms with van der Waals surface area (Å²) >= 11 is 0. The third-order valence-corrected chi connectivity index (χ3v) is 7.17. The average Bonchev–Trinajstić information content (AvgIpc) is 2.36. The third-order valence-electron chi connectivity index (χ3n) is 2.83. The lowest BCUT2D eigenvalue weighted by Gasteiger charge is -2.38. The summed E-state index contributed by atoms with van der Waals surface area (Å²) in [5.41, 5.74) is 0. The molecule has 0 unspecified atom stereocenters. The molecule has 17 heavy (non-hydrogen) atoms. The van der Waals surface area contributed by atoms with Gasteiger partial charge in [0.2, 0.25) is 0 Å². The lowest BCUT2D eigenvalue weighted by Crippen LogP contribution is -2.44. The first-order valence-corrected chi connectivity index (χ1v) is 8.11. The molecule has 4 N–H and O–H groups in total.